The van der Waals surface area contributed by atoms with Crippen LogP contribution < -0.4 is 10.9 Å². The van der Waals surface area contributed by atoms with Crippen LogP contribution in [0, 0.1) is 11.7 Å². The molecule has 44 heavy (non-hydrogen) atoms. The summed E-state index contributed by atoms with van der Waals surface area (Å²) < 4.78 is 49.8. The van der Waals surface area contributed by atoms with Crippen molar-refractivity contribution in [2.45, 2.75) is 38.4 Å². The molecule has 1 aliphatic rings. The predicted molar refractivity (Wildman–Crippen MR) is 156 cm³/mol. The van der Waals surface area contributed by atoms with E-state index >= 15 is 0 Å². The van der Waals surface area contributed by atoms with Gasteiger partial charge in [-0.3, -0.25) is 19.3 Å². The van der Waals surface area contributed by atoms with E-state index < -0.39 is 24.0 Å². The smallest absolute Gasteiger partial charge is 0.475 e. The number of carboxylic acids is 1. The van der Waals surface area contributed by atoms with Crippen LogP contribution in [-0.2, 0) is 16.6 Å². The van der Waals surface area contributed by atoms with Gasteiger partial charge < -0.3 is 15.0 Å². The molecule has 1 amide bonds. The van der Waals surface area contributed by atoms with Crippen molar-refractivity contribution in [3.63, 3.8) is 0 Å². The molecule has 4 aromatic rings. The highest BCUT2D eigenvalue weighted by molar-refractivity contribution is 6.35. The molecule has 0 fully saturated rings. The summed E-state index contributed by atoms with van der Waals surface area (Å²) in [5.74, 6) is -3.74. The highest BCUT2D eigenvalue weighted by Crippen LogP contribution is 2.35. The van der Waals surface area contributed by atoms with Crippen LogP contribution in [0.4, 0.5) is 23.2 Å². The molecule has 5 rings (SSSR count). The fraction of sp³-hybridized carbons (Fsp3) is 0.276. The lowest BCUT2D eigenvalue weighted by molar-refractivity contribution is -0.192. The molecule has 2 atom stereocenters. The number of carbonyl (C=O) groups excluding carboxylic acids is 1. The minimum absolute atomic E-state index is 0.0726. The third kappa shape index (κ3) is 7.11. The molecule has 1 aromatic carbocycles. The van der Waals surface area contributed by atoms with Crippen LogP contribution in [0.1, 0.15) is 37.9 Å². The molecule has 0 saturated carbocycles. The van der Waals surface area contributed by atoms with Gasteiger partial charge in [0.2, 0.25) is 5.91 Å². The third-order valence-corrected chi connectivity index (χ3v) is 7.62. The number of benzene rings is 1. The number of aromatic nitrogens is 4. The Balaban J connectivity index is 0.000000566. The van der Waals surface area contributed by atoms with Gasteiger partial charge in [0.05, 0.1) is 39.4 Å². The van der Waals surface area contributed by atoms with Gasteiger partial charge in [-0.15, -0.1) is 0 Å². The number of anilines is 1. The van der Waals surface area contributed by atoms with Crippen LogP contribution in [0.2, 0.25) is 10.0 Å². The number of carbonyl (C=O) groups is 2. The van der Waals surface area contributed by atoms with Crippen molar-refractivity contribution in [2.75, 3.05) is 5.32 Å². The first-order chi connectivity index (χ1) is 20.7. The summed E-state index contributed by atoms with van der Waals surface area (Å²) in [6.45, 7) is 1.88. The van der Waals surface area contributed by atoms with E-state index in [0.717, 1.165) is 11.3 Å². The summed E-state index contributed by atoms with van der Waals surface area (Å²) in [7, 11) is 1.81. The van der Waals surface area contributed by atoms with Crippen LogP contribution >= 0.6 is 23.2 Å². The zero-order valence-electron chi connectivity index (χ0n) is 23.2. The zero-order valence-corrected chi connectivity index (χ0v) is 24.7. The number of amides is 1. The van der Waals surface area contributed by atoms with Crippen molar-refractivity contribution in [1.82, 2.24) is 19.3 Å². The highest BCUT2D eigenvalue weighted by atomic mass is 35.5. The molecule has 0 saturated heterocycles. The number of pyridine rings is 2. The van der Waals surface area contributed by atoms with Crippen LogP contribution in [0.25, 0.3) is 22.4 Å². The molecule has 2 bridgehead atoms. The van der Waals surface area contributed by atoms with E-state index in [0.29, 0.717) is 36.2 Å². The number of hydrogen-bond acceptors (Lipinski definition) is 5. The van der Waals surface area contributed by atoms with Crippen molar-refractivity contribution in [1.29, 1.82) is 0 Å². The molecule has 232 valence electrons. The summed E-state index contributed by atoms with van der Waals surface area (Å²) >= 11 is 12.2. The molecule has 0 radical (unpaired) electrons. The third-order valence-electron chi connectivity index (χ3n) is 7.01. The summed E-state index contributed by atoms with van der Waals surface area (Å²) in [5, 5.41) is 14.5. The van der Waals surface area contributed by atoms with E-state index in [1.807, 2.05) is 19.1 Å². The number of aryl methyl sites for hydroxylation is 1. The standard InChI is InChI=1S/C27H24Cl2FN5O2.C2HF3O2/c1-15-4-3-5-22(20-12-17(8-10-31-20)26-21(33-27(15)37)14-32-34(26)2)35-11-9-16(13-23(35)36)24-18(28)6-7-19(29)25(24)30;3-2(4,5)1(6)7/h6-15,22H,3-5H2,1-2H3,(H,33,37);(H,6,7)/t15-,22+;/m1./s1. The molecule has 0 spiro atoms. The van der Waals surface area contributed by atoms with Crippen LogP contribution in [-0.4, -0.2) is 42.5 Å². The van der Waals surface area contributed by atoms with Crippen LogP contribution in [0.3, 0.4) is 0 Å². The topological polar surface area (TPSA) is 119 Å². The first-order valence-electron chi connectivity index (χ1n) is 13.1. The quantitative estimate of drug-likeness (QED) is 0.183. The number of rotatable bonds is 2. The second kappa shape index (κ2) is 13.2. The van der Waals surface area contributed by atoms with Gasteiger partial charge in [-0.05, 0) is 48.7 Å². The number of carboxylic acid groups (broad SMARTS) is 1. The maximum Gasteiger partial charge on any atom is 0.490 e. The fourth-order valence-electron chi connectivity index (χ4n) is 4.78. The van der Waals surface area contributed by atoms with E-state index in [-0.39, 0.29) is 33.0 Å². The zero-order chi connectivity index (χ0) is 32.3. The largest absolute Gasteiger partial charge is 0.490 e. The Labute approximate surface area is 258 Å². The van der Waals surface area contributed by atoms with E-state index in [2.05, 4.69) is 15.4 Å². The molecule has 4 heterocycles. The normalized spacial score (nSPS) is 16.9. The summed E-state index contributed by atoms with van der Waals surface area (Å²) in [4.78, 5) is 39.7. The van der Waals surface area contributed by atoms with Gasteiger partial charge in [-0.2, -0.15) is 18.3 Å². The first kappa shape index (κ1) is 32.7. The summed E-state index contributed by atoms with van der Waals surface area (Å²) in [5.41, 5.74) is 2.98. The van der Waals surface area contributed by atoms with Crippen molar-refractivity contribution >= 4 is 40.8 Å². The second-order valence-corrected chi connectivity index (χ2v) is 10.8. The number of halogens is 6. The van der Waals surface area contributed by atoms with Crippen molar-refractivity contribution in [3.8, 4) is 22.4 Å². The SMILES string of the molecule is C[C@@H]1CCC[C@H](n2ccc(-c3c(Cl)ccc(Cl)c3F)cc2=O)c2cc(ccn2)-c2c(cnn2C)NC1=O.O=C(O)C(F)(F)F. The molecular weight excluding hydrogens is 629 g/mol. The molecule has 9 nitrogen and oxygen atoms in total. The number of hydrogen-bond donors (Lipinski definition) is 2. The number of alkyl halides is 3. The number of nitrogens with one attached hydrogen (secondary N) is 1. The Morgan fingerprint density at radius 3 is 2.41 bits per heavy atom. The van der Waals surface area contributed by atoms with Crippen molar-refractivity contribution < 1.29 is 32.3 Å². The monoisotopic (exact) mass is 653 g/mol. The highest BCUT2D eigenvalue weighted by Gasteiger charge is 2.38. The number of nitrogens with zero attached hydrogens (tertiary/aromatic N) is 4. The summed E-state index contributed by atoms with van der Waals surface area (Å²) in [6.07, 6.45) is 1.77. The Morgan fingerprint density at radius 1 is 1.07 bits per heavy atom. The lowest BCUT2D eigenvalue weighted by Crippen LogP contribution is -2.26. The molecule has 1 aliphatic heterocycles. The summed E-state index contributed by atoms with van der Waals surface area (Å²) in [6, 6.07) is 9.25. The van der Waals surface area contributed by atoms with Gasteiger partial charge in [0.1, 0.15) is 0 Å². The molecule has 0 aliphatic carbocycles. The van der Waals surface area contributed by atoms with E-state index in [4.69, 9.17) is 33.1 Å². The van der Waals surface area contributed by atoms with Crippen molar-refractivity contribution in [3.05, 3.63) is 86.9 Å². The van der Waals surface area contributed by atoms with Gasteiger partial charge in [0, 0.05) is 42.6 Å². The first-order valence-corrected chi connectivity index (χ1v) is 13.9. The minimum Gasteiger partial charge on any atom is -0.475 e. The Kier molecular flexibility index (Phi) is 9.79. The van der Waals surface area contributed by atoms with Gasteiger partial charge in [0.15, 0.2) is 5.82 Å². The lowest BCUT2D eigenvalue weighted by Gasteiger charge is -2.22. The van der Waals surface area contributed by atoms with E-state index in [9.17, 15) is 27.2 Å². The van der Waals surface area contributed by atoms with E-state index in [1.165, 1.54) is 18.2 Å². The van der Waals surface area contributed by atoms with Crippen molar-refractivity contribution in [2.24, 2.45) is 13.0 Å². The Hall–Kier alpha value is -4.23. The maximum atomic E-state index is 14.8. The van der Waals surface area contributed by atoms with Crippen LogP contribution in [0.5, 0.6) is 0 Å². The molecule has 3 aromatic heterocycles. The lowest BCUT2D eigenvalue weighted by atomic mass is 9.96. The predicted octanol–water partition coefficient (Wildman–Crippen LogP) is 6.74. The number of aliphatic carboxylic acids is 1. The molecule has 0 unspecified atom stereocenters. The minimum atomic E-state index is -5.08. The van der Waals surface area contributed by atoms with Gasteiger partial charge >= 0.3 is 12.1 Å². The average molecular weight is 654 g/mol. The molecule has 15 heteroatoms. The maximum absolute atomic E-state index is 14.8. The molecule has 2 N–H and O–H groups in total. The van der Waals surface area contributed by atoms with Gasteiger partial charge in [-0.25, -0.2) is 9.18 Å². The fourth-order valence-corrected chi connectivity index (χ4v) is 5.19. The average Bonchev–Trinajstić information content (AvgIpc) is 3.32. The van der Waals surface area contributed by atoms with Gasteiger partial charge in [0.25, 0.3) is 5.56 Å². The molecular formula is C29H25Cl2F4N5O4. The van der Waals surface area contributed by atoms with Gasteiger partial charge in [-0.1, -0.05) is 36.5 Å². The Morgan fingerprint density at radius 2 is 1.75 bits per heavy atom. The second-order valence-electron chi connectivity index (χ2n) is 10.0. The van der Waals surface area contributed by atoms with E-state index in [1.54, 1.807) is 41.0 Å². The van der Waals surface area contributed by atoms with Crippen LogP contribution in [0.15, 0.2) is 59.8 Å². The number of fused-ring (bicyclic) bond motifs is 4. The Bertz CT molecular complexity index is 1770.